The molecule has 1 heteroatoms. The Bertz CT molecular complexity index is 2010. The number of aromatic nitrogens is 1. The van der Waals surface area contributed by atoms with E-state index in [4.69, 9.17) is 0 Å². The molecule has 0 saturated carbocycles. The Morgan fingerprint density at radius 3 is 0.975 bits per heavy atom. The molecule has 1 nitrogen and oxygen atoms in total. The van der Waals surface area contributed by atoms with Crippen LogP contribution in [0.15, 0.2) is 60.7 Å². The van der Waals surface area contributed by atoms with Gasteiger partial charge in [-0.3, -0.25) is 0 Å². The molecule has 0 spiro atoms. The Hall–Kier alpha value is -4.10. The van der Waals surface area contributed by atoms with E-state index in [-0.39, 0.29) is 0 Å². The van der Waals surface area contributed by atoms with Gasteiger partial charge in [-0.15, -0.1) is 0 Å². The van der Waals surface area contributed by atoms with Crippen molar-refractivity contribution in [2.24, 2.45) is 0 Å². The van der Waals surface area contributed by atoms with Gasteiger partial charge in [0.2, 0.25) is 0 Å². The first-order chi connectivity index (χ1) is 19.2. The highest BCUT2D eigenvalue weighted by atomic mass is 14.9. The average Bonchev–Trinajstić information content (AvgIpc) is 3.48. The molecular weight excluding hydrogens is 482 g/mol. The largest absolute Gasteiger partial charge is 0.307 e. The summed E-state index contributed by atoms with van der Waals surface area (Å²) in [6.07, 6.45) is 0. The molecule has 0 fully saturated rings. The molecule has 0 saturated heterocycles. The summed E-state index contributed by atoms with van der Waals surface area (Å²) >= 11 is 0. The number of aryl methyl sites for hydroxylation is 4. The zero-order valence-electron chi connectivity index (χ0n) is 25.2. The predicted octanol–water partition coefficient (Wildman–Crippen LogP) is 10.9. The van der Waals surface area contributed by atoms with Crippen molar-refractivity contribution in [2.75, 3.05) is 0 Å². The van der Waals surface area contributed by atoms with Crippen LogP contribution < -0.4 is 0 Å². The third-order valence-corrected chi connectivity index (χ3v) is 10.3. The van der Waals surface area contributed by atoms with Gasteiger partial charge in [-0.1, -0.05) is 60.7 Å². The van der Waals surface area contributed by atoms with Gasteiger partial charge in [-0.2, -0.15) is 0 Å². The van der Waals surface area contributed by atoms with Crippen molar-refractivity contribution in [3.05, 3.63) is 111 Å². The second-order valence-corrected chi connectivity index (χ2v) is 12.0. The van der Waals surface area contributed by atoms with Gasteiger partial charge < -0.3 is 4.40 Å². The van der Waals surface area contributed by atoms with Crippen molar-refractivity contribution in [2.45, 2.75) is 62.3 Å². The molecule has 0 aliphatic rings. The fourth-order valence-electron chi connectivity index (χ4n) is 7.56. The summed E-state index contributed by atoms with van der Waals surface area (Å²) in [6.45, 7) is 20.9. The Morgan fingerprint density at radius 2 is 0.625 bits per heavy atom. The minimum Gasteiger partial charge on any atom is -0.307 e. The molecule has 40 heavy (non-hydrogen) atoms. The van der Waals surface area contributed by atoms with E-state index in [1.165, 1.54) is 110 Å². The molecule has 2 aromatic heterocycles. The second kappa shape index (κ2) is 8.45. The predicted molar refractivity (Wildman–Crippen MR) is 175 cm³/mol. The molecule has 0 N–H and O–H groups in total. The number of fused-ring (bicyclic) bond motifs is 6. The molecule has 2 heterocycles. The highest BCUT2D eigenvalue weighted by Gasteiger charge is 2.30. The summed E-state index contributed by atoms with van der Waals surface area (Å²) in [4.78, 5) is 0. The average molecular weight is 520 g/mol. The van der Waals surface area contributed by atoms with Crippen LogP contribution in [0.3, 0.4) is 0 Å². The van der Waals surface area contributed by atoms with Crippen molar-refractivity contribution >= 4 is 38.1 Å². The second-order valence-electron chi connectivity index (χ2n) is 12.0. The fourth-order valence-corrected chi connectivity index (χ4v) is 7.56. The monoisotopic (exact) mass is 519 g/mol. The molecule has 0 aliphatic heterocycles. The third kappa shape index (κ3) is 2.93. The van der Waals surface area contributed by atoms with Gasteiger partial charge in [0, 0.05) is 32.7 Å². The van der Waals surface area contributed by atoms with Crippen LogP contribution in [0, 0.1) is 62.3 Å². The quantitative estimate of drug-likeness (QED) is 0.214. The lowest BCUT2D eigenvalue weighted by Gasteiger charge is -2.19. The van der Waals surface area contributed by atoms with Crippen molar-refractivity contribution < 1.29 is 0 Å². The van der Waals surface area contributed by atoms with Crippen molar-refractivity contribution in [3.63, 3.8) is 0 Å². The van der Waals surface area contributed by atoms with E-state index in [2.05, 4.69) is 127 Å². The van der Waals surface area contributed by atoms with E-state index in [9.17, 15) is 0 Å². The van der Waals surface area contributed by atoms with E-state index in [0.717, 1.165) is 0 Å². The van der Waals surface area contributed by atoms with E-state index in [0.29, 0.717) is 0 Å². The van der Waals surface area contributed by atoms with Crippen LogP contribution in [0.5, 0.6) is 0 Å². The lowest BCUT2D eigenvalue weighted by Crippen LogP contribution is -1.99. The van der Waals surface area contributed by atoms with Crippen LogP contribution in [0.4, 0.5) is 0 Å². The maximum absolute atomic E-state index is 2.68. The lowest BCUT2D eigenvalue weighted by molar-refractivity contribution is 1.26. The van der Waals surface area contributed by atoms with Gasteiger partial charge in [0.05, 0.1) is 16.6 Å². The minimum atomic E-state index is 1.29. The Labute approximate surface area is 237 Å². The number of nitrogens with zero attached hydrogens (tertiary/aromatic N) is 1. The number of hydrogen-bond donors (Lipinski definition) is 0. The molecular formula is C39H37N. The first-order valence-corrected chi connectivity index (χ1v) is 14.5. The van der Waals surface area contributed by atoms with Crippen molar-refractivity contribution in [1.29, 1.82) is 0 Å². The summed E-state index contributed by atoms with van der Waals surface area (Å²) in [7, 11) is 0. The van der Waals surface area contributed by atoms with E-state index >= 15 is 0 Å². The zero-order chi connectivity index (χ0) is 28.2. The lowest BCUT2D eigenvalue weighted by atomic mass is 9.85. The number of hydrogen-bond acceptors (Lipinski definition) is 0. The topological polar surface area (TPSA) is 4.41 Å². The summed E-state index contributed by atoms with van der Waals surface area (Å²) in [6, 6.07) is 22.1. The molecule has 7 rings (SSSR count). The van der Waals surface area contributed by atoms with Crippen LogP contribution in [-0.4, -0.2) is 4.40 Å². The minimum absolute atomic E-state index is 1.29. The summed E-state index contributed by atoms with van der Waals surface area (Å²) in [5, 5.41) is 5.69. The first-order valence-electron chi connectivity index (χ1n) is 14.5. The van der Waals surface area contributed by atoms with Gasteiger partial charge in [0.1, 0.15) is 0 Å². The third-order valence-electron chi connectivity index (χ3n) is 10.3. The summed E-state index contributed by atoms with van der Waals surface area (Å²) < 4.78 is 2.68. The number of rotatable bonds is 2. The molecule has 0 atom stereocenters. The van der Waals surface area contributed by atoms with Gasteiger partial charge in [0.15, 0.2) is 0 Å². The maximum Gasteiger partial charge on any atom is 0.0626 e. The first kappa shape index (κ1) is 24.9. The number of benzene rings is 5. The molecule has 0 aliphatic carbocycles. The van der Waals surface area contributed by atoms with Crippen molar-refractivity contribution in [1.82, 2.24) is 4.40 Å². The van der Waals surface area contributed by atoms with E-state index in [1.54, 1.807) is 0 Å². The molecule has 0 amide bonds. The zero-order valence-corrected chi connectivity index (χ0v) is 25.2. The normalized spacial score (nSPS) is 12.1. The van der Waals surface area contributed by atoms with Crippen molar-refractivity contribution in [3.8, 4) is 22.3 Å². The van der Waals surface area contributed by atoms with Gasteiger partial charge >= 0.3 is 0 Å². The SMILES string of the molecule is Cc1c(C)c(-c2ccccc2)c2c(c1C)c1c(C)c(C)c(C)c3c4c(C)c(C)c(C)c(-c5ccccc5)c4n2c13. The van der Waals surface area contributed by atoms with Crippen LogP contribution in [-0.2, 0) is 0 Å². The smallest absolute Gasteiger partial charge is 0.0626 e. The Morgan fingerprint density at radius 1 is 0.325 bits per heavy atom. The maximum atomic E-state index is 2.68. The molecule has 0 radical (unpaired) electrons. The van der Waals surface area contributed by atoms with Gasteiger partial charge in [-0.05, 0) is 124 Å². The van der Waals surface area contributed by atoms with Gasteiger partial charge in [0.25, 0.3) is 0 Å². The van der Waals surface area contributed by atoms with Crippen LogP contribution in [0.1, 0.15) is 50.1 Å². The van der Waals surface area contributed by atoms with Crippen LogP contribution in [0.25, 0.3) is 60.3 Å². The molecule has 198 valence electrons. The highest BCUT2D eigenvalue weighted by molar-refractivity contribution is 6.30. The van der Waals surface area contributed by atoms with Gasteiger partial charge in [-0.25, -0.2) is 0 Å². The molecule has 7 aromatic rings. The molecule has 0 bridgehead atoms. The van der Waals surface area contributed by atoms with Crippen LogP contribution in [0.2, 0.25) is 0 Å². The van der Waals surface area contributed by atoms with Crippen LogP contribution >= 0.6 is 0 Å². The molecule has 0 unspecified atom stereocenters. The molecule has 5 aromatic carbocycles. The summed E-state index contributed by atoms with van der Waals surface area (Å²) in [5.74, 6) is 0. The highest BCUT2D eigenvalue weighted by Crippen LogP contribution is 2.51. The Balaban J connectivity index is 1.95. The summed E-state index contributed by atoms with van der Waals surface area (Å²) in [5.41, 5.74) is 22.0. The Kier molecular flexibility index (Phi) is 5.26. The fraction of sp³-hybridized carbons (Fsp3) is 0.231. The van der Waals surface area contributed by atoms with E-state index in [1.807, 2.05) is 0 Å². The van der Waals surface area contributed by atoms with E-state index < -0.39 is 0 Å². The standard InChI is InChI=1S/C39H37N/c1-20-23(4)31(29-16-12-10-13-17-29)37-33(25(20)6)35-27(8)22(3)28(9)36-34-26(7)21(2)24(5)32(30-18-14-11-15-19-30)38(34)40(37)39(35)36/h10-19H,1-9H3.